The van der Waals surface area contributed by atoms with Gasteiger partial charge in [0, 0.05) is 6.54 Å². The first-order valence-corrected chi connectivity index (χ1v) is 8.72. The molecule has 3 nitrogen and oxygen atoms in total. The molecule has 0 bridgehead atoms. The van der Waals surface area contributed by atoms with E-state index < -0.39 is 0 Å². The van der Waals surface area contributed by atoms with Gasteiger partial charge >= 0.3 is 0 Å². The highest BCUT2D eigenvalue weighted by Crippen LogP contribution is 2.23. The van der Waals surface area contributed by atoms with E-state index in [9.17, 15) is 4.79 Å². The van der Waals surface area contributed by atoms with Crippen LogP contribution in [0.2, 0.25) is 0 Å². The molecule has 0 saturated heterocycles. The third kappa shape index (κ3) is 4.04. The van der Waals surface area contributed by atoms with E-state index in [-0.39, 0.29) is 11.9 Å². The minimum absolute atomic E-state index is 0.0933. The molecule has 1 atom stereocenters. The average Bonchev–Trinajstić information content (AvgIpc) is 3.03. The molecule has 0 spiro atoms. The van der Waals surface area contributed by atoms with E-state index in [1.54, 1.807) is 0 Å². The van der Waals surface area contributed by atoms with Crippen LogP contribution in [0, 0.1) is 0 Å². The molecule has 0 saturated carbocycles. The Morgan fingerprint density at radius 3 is 2.58 bits per heavy atom. The number of benzene rings is 2. The molecule has 3 heteroatoms. The van der Waals surface area contributed by atoms with Crippen molar-refractivity contribution in [3.8, 4) is 0 Å². The molecule has 1 aliphatic rings. The Bertz CT molecular complexity index is 694. The predicted molar refractivity (Wildman–Crippen MR) is 98.1 cm³/mol. The molecule has 0 unspecified atom stereocenters. The second-order valence-corrected chi connectivity index (χ2v) is 6.83. The van der Waals surface area contributed by atoms with Gasteiger partial charge in [0.2, 0.25) is 5.91 Å². The summed E-state index contributed by atoms with van der Waals surface area (Å²) in [5.41, 5.74) is 5.22. The second kappa shape index (κ2) is 7.63. The van der Waals surface area contributed by atoms with E-state index in [0.29, 0.717) is 13.0 Å². The summed E-state index contributed by atoms with van der Waals surface area (Å²) in [5, 5.41) is 3.10. The molecule has 0 aliphatic heterocycles. The summed E-state index contributed by atoms with van der Waals surface area (Å²) < 4.78 is 0. The summed E-state index contributed by atoms with van der Waals surface area (Å²) in [7, 11) is 4.09. The van der Waals surface area contributed by atoms with Crippen molar-refractivity contribution in [1.29, 1.82) is 0 Å². The van der Waals surface area contributed by atoms with Crippen LogP contribution in [0.25, 0.3) is 0 Å². The number of rotatable bonds is 6. The third-order valence-electron chi connectivity index (χ3n) is 4.83. The predicted octanol–water partition coefficient (Wildman–Crippen LogP) is 3.14. The Balaban J connectivity index is 1.58. The quantitative estimate of drug-likeness (QED) is 0.886. The highest BCUT2D eigenvalue weighted by Gasteiger charge is 2.16. The van der Waals surface area contributed by atoms with Crippen LogP contribution in [-0.4, -0.2) is 31.4 Å². The van der Waals surface area contributed by atoms with Gasteiger partial charge in [0.05, 0.1) is 12.5 Å². The minimum atomic E-state index is 0.0933. The van der Waals surface area contributed by atoms with Crippen LogP contribution in [0.1, 0.15) is 34.7 Å². The number of carbonyl (C=O) groups is 1. The number of carbonyl (C=O) groups excluding carboxylic acids is 1. The molecular formula is C21H26N2O. The van der Waals surface area contributed by atoms with Crippen LogP contribution in [0.4, 0.5) is 0 Å². The molecule has 0 heterocycles. The molecule has 1 aliphatic carbocycles. The fraction of sp³-hybridized carbons (Fsp3) is 0.381. The molecule has 2 aromatic rings. The monoisotopic (exact) mass is 322 g/mol. The van der Waals surface area contributed by atoms with Crippen molar-refractivity contribution in [2.24, 2.45) is 0 Å². The number of nitrogens with zero attached hydrogens (tertiary/aromatic N) is 1. The summed E-state index contributed by atoms with van der Waals surface area (Å²) in [6, 6.07) is 17.0. The van der Waals surface area contributed by atoms with Gasteiger partial charge in [-0.2, -0.15) is 0 Å². The third-order valence-corrected chi connectivity index (χ3v) is 4.83. The van der Waals surface area contributed by atoms with Crippen molar-refractivity contribution in [3.63, 3.8) is 0 Å². The zero-order valence-corrected chi connectivity index (χ0v) is 14.6. The standard InChI is InChI=1S/C21H26N2O/c1-23(2)20(18-7-4-3-5-8-18)15-22-21(24)14-16-11-12-17-9-6-10-19(17)13-16/h3-5,7-8,11-13,20H,6,9-10,14-15H2,1-2H3,(H,22,24)/t20-/m1/s1. The molecule has 3 rings (SSSR count). The van der Waals surface area contributed by atoms with Gasteiger partial charge in [-0.25, -0.2) is 0 Å². The summed E-state index contributed by atoms with van der Waals surface area (Å²) in [5.74, 6) is 0.0933. The molecule has 0 aromatic heterocycles. The summed E-state index contributed by atoms with van der Waals surface area (Å²) >= 11 is 0. The van der Waals surface area contributed by atoms with Crippen LogP contribution in [0.3, 0.4) is 0 Å². The number of likely N-dealkylation sites (N-methyl/N-ethyl adjacent to an activating group) is 1. The SMILES string of the molecule is CN(C)[C@H](CNC(=O)Cc1ccc2c(c1)CCC2)c1ccccc1. The van der Waals surface area contributed by atoms with Gasteiger partial charge in [-0.15, -0.1) is 0 Å². The lowest BCUT2D eigenvalue weighted by atomic mass is 10.0. The fourth-order valence-corrected chi connectivity index (χ4v) is 3.47. The van der Waals surface area contributed by atoms with E-state index in [0.717, 1.165) is 12.0 Å². The van der Waals surface area contributed by atoms with Crippen molar-refractivity contribution in [1.82, 2.24) is 10.2 Å². The van der Waals surface area contributed by atoms with E-state index in [1.807, 2.05) is 32.3 Å². The number of amides is 1. The van der Waals surface area contributed by atoms with E-state index in [2.05, 4.69) is 40.5 Å². The van der Waals surface area contributed by atoms with Gasteiger partial charge in [-0.3, -0.25) is 4.79 Å². The van der Waals surface area contributed by atoms with Crippen molar-refractivity contribution in [2.75, 3.05) is 20.6 Å². The molecule has 24 heavy (non-hydrogen) atoms. The van der Waals surface area contributed by atoms with Gasteiger partial charge in [0.25, 0.3) is 0 Å². The summed E-state index contributed by atoms with van der Waals surface area (Å²) in [4.78, 5) is 14.5. The van der Waals surface area contributed by atoms with Gasteiger partial charge in [0.15, 0.2) is 0 Å². The summed E-state index contributed by atoms with van der Waals surface area (Å²) in [6.07, 6.45) is 4.04. The average molecular weight is 322 g/mol. The van der Waals surface area contributed by atoms with E-state index >= 15 is 0 Å². The fourth-order valence-electron chi connectivity index (χ4n) is 3.47. The normalized spacial score (nSPS) is 14.5. The van der Waals surface area contributed by atoms with Gasteiger partial charge in [0.1, 0.15) is 0 Å². The zero-order chi connectivity index (χ0) is 16.9. The first kappa shape index (κ1) is 16.7. The lowest BCUT2D eigenvalue weighted by Gasteiger charge is -2.25. The zero-order valence-electron chi connectivity index (χ0n) is 14.6. The minimum Gasteiger partial charge on any atom is -0.354 e. The van der Waals surface area contributed by atoms with Crippen molar-refractivity contribution < 1.29 is 4.79 Å². The number of aryl methyl sites for hydroxylation is 2. The van der Waals surface area contributed by atoms with Crippen molar-refractivity contribution >= 4 is 5.91 Å². The summed E-state index contributed by atoms with van der Waals surface area (Å²) in [6.45, 7) is 0.626. The molecule has 0 fully saturated rings. The first-order valence-electron chi connectivity index (χ1n) is 8.72. The van der Waals surface area contributed by atoms with Crippen LogP contribution in [-0.2, 0) is 24.1 Å². The number of fused-ring (bicyclic) bond motifs is 1. The smallest absolute Gasteiger partial charge is 0.224 e. The van der Waals surface area contributed by atoms with Crippen molar-refractivity contribution in [2.45, 2.75) is 31.7 Å². The van der Waals surface area contributed by atoms with Crippen LogP contribution >= 0.6 is 0 Å². The maximum Gasteiger partial charge on any atom is 0.224 e. The molecule has 0 radical (unpaired) electrons. The first-order chi connectivity index (χ1) is 11.6. The molecule has 1 amide bonds. The number of hydrogen-bond acceptors (Lipinski definition) is 2. The Morgan fingerprint density at radius 2 is 1.83 bits per heavy atom. The molecule has 1 N–H and O–H groups in total. The lowest BCUT2D eigenvalue weighted by molar-refractivity contribution is -0.120. The maximum absolute atomic E-state index is 12.3. The van der Waals surface area contributed by atoms with Gasteiger partial charge in [-0.1, -0.05) is 48.5 Å². The van der Waals surface area contributed by atoms with Crippen LogP contribution in [0.15, 0.2) is 48.5 Å². The molecular weight excluding hydrogens is 296 g/mol. The van der Waals surface area contributed by atoms with Gasteiger partial charge < -0.3 is 10.2 Å². The van der Waals surface area contributed by atoms with Crippen LogP contribution < -0.4 is 5.32 Å². The molecule has 2 aromatic carbocycles. The van der Waals surface area contributed by atoms with E-state index in [4.69, 9.17) is 0 Å². The molecule has 126 valence electrons. The Hall–Kier alpha value is -2.13. The largest absolute Gasteiger partial charge is 0.354 e. The Labute approximate surface area is 144 Å². The highest BCUT2D eigenvalue weighted by atomic mass is 16.1. The van der Waals surface area contributed by atoms with Gasteiger partial charge in [-0.05, 0) is 55.6 Å². The van der Waals surface area contributed by atoms with Crippen LogP contribution in [0.5, 0.6) is 0 Å². The topological polar surface area (TPSA) is 32.3 Å². The second-order valence-electron chi connectivity index (χ2n) is 6.83. The number of hydrogen-bond donors (Lipinski definition) is 1. The highest BCUT2D eigenvalue weighted by molar-refractivity contribution is 5.78. The Kier molecular flexibility index (Phi) is 5.31. The van der Waals surface area contributed by atoms with Crippen molar-refractivity contribution in [3.05, 3.63) is 70.8 Å². The number of nitrogens with one attached hydrogen (secondary N) is 1. The van der Waals surface area contributed by atoms with E-state index in [1.165, 1.54) is 29.5 Å². The lowest BCUT2D eigenvalue weighted by Crippen LogP contribution is -2.35. The Morgan fingerprint density at radius 1 is 1.08 bits per heavy atom. The maximum atomic E-state index is 12.3.